The minimum atomic E-state index is -2.00. The Hall–Kier alpha value is -1.59. The van der Waals surface area contributed by atoms with Crippen LogP contribution < -0.4 is 5.32 Å². The predicted molar refractivity (Wildman–Crippen MR) is 75.7 cm³/mol. The highest BCUT2D eigenvalue weighted by Crippen LogP contribution is 2.25. The van der Waals surface area contributed by atoms with Crippen LogP contribution in [-0.2, 0) is 15.0 Å². The van der Waals surface area contributed by atoms with E-state index in [1.165, 1.54) is 0 Å². The number of amides is 1. The maximum absolute atomic E-state index is 12.2. The molecule has 0 saturated heterocycles. The molecule has 0 aliphatic rings. The molecule has 1 aromatic rings. The average molecular weight is 300 g/mol. The van der Waals surface area contributed by atoms with Gasteiger partial charge in [-0.05, 0) is 38.5 Å². The third-order valence-electron chi connectivity index (χ3n) is 3.17. The van der Waals surface area contributed by atoms with Crippen LogP contribution in [0, 0.1) is 0 Å². The lowest BCUT2D eigenvalue weighted by Gasteiger charge is -2.26. The lowest BCUT2D eigenvalue weighted by Crippen LogP contribution is -2.50. The summed E-state index contributed by atoms with van der Waals surface area (Å²) in [7, 11) is 0. The lowest BCUT2D eigenvalue weighted by molar-refractivity contribution is -0.156. The Labute approximate surface area is 122 Å². The molecule has 0 aliphatic carbocycles. The number of carboxylic acids is 1. The van der Waals surface area contributed by atoms with Crippen molar-refractivity contribution in [1.82, 2.24) is 5.32 Å². The molecular weight excluding hydrogens is 282 g/mol. The predicted octanol–water partition coefficient (Wildman–Crippen LogP) is 1.57. The summed E-state index contributed by atoms with van der Waals surface area (Å²) in [5.41, 5.74) is -2.18. The van der Waals surface area contributed by atoms with Crippen LogP contribution in [0.15, 0.2) is 24.3 Å². The topological polar surface area (TPSA) is 86.6 Å². The van der Waals surface area contributed by atoms with Gasteiger partial charge in [-0.1, -0.05) is 23.7 Å². The first-order chi connectivity index (χ1) is 9.07. The molecule has 0 saturated carbocycles. The summed E-state index contributed by atoms with van der Waals surface area (Å²) < 4.78 is 0. The van der Waals surface area contributed by atoms with Crippen molar-refractivity contribution in [1.29, 1.82) is 0 Å². The molecule has 1 atom stereocenters. The highest BCUT2D eigenvalue weighted by atomic mass is 35.5. The number of rotatable bonds is 5. The Morgan fingerprint density at radius 2 is 1.90 bits per heavy atom. The summed E-state index contributed by atoms with van der Waals surface area (Å²) in [6.45, 7) is 4.15. The summed E-state index contributed by atoms with van der Waals surface area (Å²) in [6, 6.07) is 6.88. The average Bonchev–Trinajstić information content (AvgIpc) is 2.35. The van der Waals surface area contributed by atoms with Crippen LogP contribution in [0.3, 0.4) is 0 Å². The molecule has 1 amide bonds. The van der Waals surface area contributed by atoms with Crippen LogP contribution in [0.25, 0.3) is 0 Å². The largest absolute Gasteiger partial charge is 0.479 e. The Bertz CT molecular complexity index is 526. The van der Waals surface area contributed by atoms with Crippen molar-refractivity contribution in [2.75, 3.05) is 6.54 Å². The molecule has 0 fully saturated rings. The maximum atomic E-state index is 12.2. The van der Waals surface area contributed by atoms with E-state index < -0.39 is 17.0 Å². The zero-order valence-corrected chi connectivity index (χ0v) is 12.4. The highest BCUT2D eigenvalue weighted by molar-refractivity contribution is 6.30. The van der Waals surface area contributed by atoms with Crippen molar-refractivity contribution in [2.45, 2.75) is 31.8 Å². The molecule has 1 rings (SSSR count). The van der Waals surface area contributed by atoms with Crippen LogP contribution in [0.2, 0.25) is 5.02 Å². The van der Waals surface area contributed by atoms with Gasteiger partial charge in [0.05, 0.1) is 12.0 Å². The van der Waals surface area contributed by atoms with E-state index in [1.54, 1.807) is 38.1 Å². The molecule has 0 bridgehead atoms. The highest BCUT2D eigenvalue weighted by Gasteiger charge is 2.34. The van der Waals surface area contributed by atoms with Gasteiger partial charge < -0.3 is 15.5 Å². The monoisotopic (exact) mass is 299 g/mol. The lowest BCUT2D eigenvalue weighted by atomic mass is 9.83. The van der Waals surface area contributed by atoms with Crippen molar-refractivity contribution >= 4 is 23.5 Å². The molecule has 1 aromatic carbocycles. The van der Waals surface area contributed by atoms with Gasteiger partial charge in [-0.3, -0.25) is 4.79 Å². The number of carbonyl (C=O) groups excluding carboxylic acids is 1. The number of aliphatic carboxylic acids is 1. The first-order valence-electron chi connectivity index (χ1n) is 6.07. The maximum Gasteiger partial charge on any atom is 0.337 e. The number of hydrogen-bond acceptors (Lipinski definition) is 3. The fraction of sp³-hybridized carbons (Fsp3) is 0.429. The van der Waals surface area contributed by atoms with Gasteiger partial charge in [0.15, 0.2) is 5.60 Å². The first kappa shape index (κ1) is 16.5. The van der Waals surface area contributed by atoms with Gasteiger partial charge in [-0.2, -0.15) is 0 Å². The quantitative estimate of drug-likeness (QED) is 0.770. The number of halogens is 1. The first-order valence-corrected chi connectivity index (χ1v) is 6.45. The van der Waals surface area contributed by atoms with Crippen LogP contribution >= 0.6 is 11.6 Å². The smallest absolute Gasteiger partial charge is 0.337 e. The summed E-state index contributed by atoms with van der Waals surface area (Å²) in [5.74, 6) is -1.78. The molecule has 0 aromatic heterocycles. The summed E-state index contributed by atoms with van der Waals surface area (Å²) >= 11 is 5.90. The van der Waals surface area contributed by atoms with Crippen molar-refractivity contribution in [3.05, 3.63) is 34.9 Å². The van der Waals surface area contributed by atoms with E-state index in [0.717, 1.165) is 6.92 Å². The van der Waals surface area contributed by atoms with Gasteiger partial charge in [-0.25, -0.2) is 4.79 Å². The van der Waals surface area contributed by atoms with Crippen molar-refractivity contribution in [2.24, 2.45) is 0 Å². The van der Waals surface area contributed by atoms with E-state index in [9.17, 15) is 14.7 Å². The Kier molecular flexibility index (Phi) is 4.78. The van der Waals surface area contributed by atoms with Crippen molar-refractivity contribution in [3.63, 3.8) is 0 Å². The van der Waals surface area contributed by atoms with Crippen LogP contribution in [0.4, 0.5) is 0 Å². The Balaban J connectivity index is 2.83. The molecule has 110 valence electrons. The molecule has 0 heterocycles. The second-order valence-electron chi connectivity index (χ2n) is 5.40. The van der Waals surface area contributed by atoms with Crippen LogP contribution in [0.1, 0.15) is 26.3 Å². The molecule has 20 heavy (non-hydrogen) atoms. The van der Waals surface area contributed by atoms with Crippen molar-refractivity contribution in [3.8, 4) is 0 Å². The summed E-state index contributed by atoms with van der Waals surface area (Å²) in [5, 5.41) is 21.3. The van der Waals surface area contributed by atoms with Gasteiger partial charge in [0, 0.05) is 5.02 Å². The zero-order chi connectivity index (χ0) is 15.6. The Morgan fingerprint density at radius 3 is 2.40 bits per heavy atom. The van der Waals surface area contributed by atoms with Gasteiger partial charge in [0.2, 0.25) is 5.91 Å². The van der Waals surface area contributed by atoms with Crippen molar-refractivity contribution < 1.29 is 19.8 Å². The molecule has 0 radical (unpaired) electrons. The number of carboxylic acid groups (broad SMARTS) is 1. The zero-order valence-electron chi connectivity index (χ0n) is 11.6. The van der Waals surface area contributed by atoms with Crippen LogP contribution in [-0.4, -0.2) is 34.2 Å². The Morgan fingerprint density at radius 1 is 1.30 bits per heavy atom. The van der Waals surface area contributed by atoms with Gasteiger partial charge in [-0.15, -0.1) is 0 Å². The van der Waals surface area contributed by atoms with Gasteiger partial charge >= 0.3 is 5.97 Å². The third-order valence-corrected chi connectivity index (χ3v) is 3.40. The van der Waals surface area contributed by atoms with Gasteiger partial charge in [0.25, 0.3) is 0 Å². The van der Waals surface area contributed by atoms with E-state index in [-0.39, 0.29) is 12.5 Å². The summed E-state index contributed by atoms with van der Waals surface area (Å²) in [6.07, 6.45) is 0. The normalized spacial score (nSPS) is 14.4. The van der Waals surface area contributed by atoms with E-state index >= 15 is 0 Å². The van der Waals surface area contributed by atoms with E-state index in [2.05, 4.69) is 5.32 Å². The minimum Gasteiger partial charge on any atom is -0.479 e. The number of aliphatic hydroxyl groups is 1. The van der Waals surface area contributed by atoms with E-state index in [0.29, 0.717) is 10.6 Å². The summed E-state index contributed by atoms with van der Waals surface area (Å²) in [4.78, 5) is 23.0. The van der Waals surface area contributed by atoms with E-state index in [4.69, 9.17) is 16.7 Å². The number of benzene rings is 1. The molecule has 0 aliphatic heterocycles. The molecule has 5 nitrogen and oxygen atoms in total. The fourth-order valence-corrected chi connectivity index (χ4v) is 1.75. The minimum absolute atomic E-state index is 0.370. The standard InChI is InChI=1S/C14H18ClNO4/c1-13(2,9-5-4-6-10(15)7-9)11(17)16-8-14(3,20)12(18)19/h4-7,20H,8H2,1-3H3,(H,16,17)(H,18,19). The third kappa shape index (κ3) is 3.71. The van der Waals surface area contributed by atoms with Gasteiger partial charge in [0.1, 0.15) is 0 Å². The molecular formula is C14H18ClNO4. The number of hydrogen-bond donors (Lipinski definition) is 3. The van der Waals surface area contributed by atoms with E-state index in [1.807, 2.05) is 0 Å². The molecule has 0 spiro atoms. The molecule has 6 heteroatoms. The second-order valence-corrected chi connectivity index (χ2v) is 5.83. The number of carbonyl (C=O) groups is 2. The number of nitrogens with one attached hydrogen (secondary N) is 1. The molecule has 3 N–H and O–H groups in total. The fourth-order valence-electron chi connectivity index (χ4n) is 1.56. The van der Waals surface area contributed by atoms with Crippen LogP contribution in [0.5, 0.6) is 0 Å². The SMILES string of the molecule is CC(O)(CNC(=O)C(C)(C)c1cccc(Cl)c1)C(=O)O. The molecule has 1 unspecified atom stereocenters. The second kappa shape index (κ2) is 5.81.